The van der Waals surface area contributed by atoms with Gasteiger partial charge in [0.15, 0.2) is 0 Å². The molecule has 4 rings (SSSR count). The molecule has 5 nitrogen and oxygen atoms in total. The summed E-state index contributed by atoms with van der Waals surface area (Å²) in [4.78, 5) is 17.0. The third-order valence-corrected chi connectivity index (χ3v) is 5.64. The van der Waals surface area contributed by atoms with Gasteiger partial charge in [-0.15, -0.1) is 0 Å². The number of amides is 1. The van der Waals surface area contributed by atoms with Crippen LogP contribution in [0.25, 0.3) is 0 Å². The molecule has 2 aliphatic rings. The average Bonchev–Trinajstić information content (AvgIpc) is 3.57. The number of benzene rings is 1. The van der Waals surface area contributed by atoms with E-state index in [0.717, 1.165) is 43.4 Å². The molecule has 1 saturated heterocycles. The van der Waals surface area contributed by atoms with Crippen LogP contribution >= 0.6 is 0 Å². The molecule has 0 atom stereocenters. The van der Waals surface area contributed by atoms with E-state index in [0.29, 0.717) is 43.1 Å². The van der Waals surface area contributed by atoms with Gasteiger partial charge < -0.3 is 15.4 Å². The van der Waals surface area contributed by atoms with Crippen LogP contribution < -0.4 is 10.6 Å². The van der Waals surface area contributed by atoms with Gasteiger partial charge >= 0.3 is 6.18 Å². The van der Waals surface area contributed by atoms with E-state index >= 15 is 0 Å². The molecular weight excluding hydrogens is 414 g/mol. The number of nitrogens with zero attached hydrogens (tertiary/aromatic N) is 1. The van der Waals surface area contributed by atoms with Gasteiger partial charge in [-0.1, -0.05) is 0 Å². The highest BCUT2D eigenvalue weighted by Crippen LogP contribution is 2.42. The standard InChI is InChI=1S/C22H23F4N3O2/c23-19-9-15(3-4-18(19)22(24,25)26)29-20-10-16(14-1-2-14)17(12-27-20)21(30)28-11-13-5-7-31-8-6-13/h3-4,9-10,12-14H,1-2,5-8,11H2,(H,27,29)(H,28,30). The lowest BCUT2D eigenvalue weighted by molar-refractivity contribution is -0.139. The molecule has 1 saturated carbocycles. The Hall–Kier alpha value is -2.68. The molecule has 2 fully saturated rings. The van der Waals surface area contributed by atoms with Crippen molar-refractivity contribution in [1.29, 1.82) is 0 Å². The van der Waals surface area contributed by atoms with Gasteiger partial charge in [-0.3, -0.25) is 4.79 Å². The van der Waals surface area contributed by atoms with Crippen molar-refractivity contribution in [1.82, 2.24) is 10.3 Å². The second kappa shape index (κ2) is 8.82. The normalized spacial score (nSPS) is 17.4. The molecule has 2 N–H and O–H groups in total. The van der Waals surface area contributed by atoms with Gasteiger partial charge in [0.2, 0.25) is 0 Å². The summed E-state index contributed by atoms with van der Waals surface area (Å²) in [5.74, 6) is -0.554. The fraction of sp³-hybridized carbons (Fsp3) is 0.455. The first-order valence-corrected chi connectivity index (χ1v) is 10.3. The highest BCUT2D eigenvalue weighted by molar-refractivity contribution is 5.96. The minimum Gasteiger partial charge on any atom is -0.381 e. The van der Waals surface area contributed by atoms with Crippen molar-refractivity contribution < 1.29 is 27.1 Å². The van der Waals surface area contributed by atoms with E-state index in [4.69, 9.17) is 4.74 Å². The summed E-state index contributed by atoms with van der Waals surface area (Å²) in [5, 5.41) is 5.81. The fourth-order valence-electron chi connectivity index (χ4n) is 3.71. The monoisotopic (exact) mass is 437 g/mol. The van der Waals surface area contributed by atoms with Gasteiger partial charge in [-0.05, 0) is 67.3 Å². The van der Waals surface area contributed by atoms with Crippen molar-refractivity contribution in [3.8, 4) is 0 Å². The van der Waals surface area contributed by atoms with E-state index in [2.05, 4.69) is 15.6 Å². The average molecular weight is 437 g/mol. The molecular formula is C22H23F4N3O2. The maximum absolute atomic E-state index is 13.8. The Bertz CT molecular complexity index is 954. The Kier molecular flexibility index (Phi) is 6.13. The molecule has 1 aromatic carbocycles. The number of hydrogen-bond acceptors (Lipinski definition) is 4. The second-order valence-corrected chi connectivity index (χ2v) is 8.01. The summed E-state index contributed by atoms with van der Waals surface area (Å²) in [6.07, 6.45) is 0.466. The molecule has 0 spiro atoms. The Morgan fingerprint density at radius 1 is 1.13 bits per heavy atom. The van der Waals surface area contributed by atoms with E-state index in [1.54, 1.807) is 6.07 Å². The number of alkyl halides is 3. The van der Waals surface area contributed by atoms with Crippen LogP contribution in [-0.4, -0.2) is 30.6 Å². The van der Waals surface area contributed by atoms with Crippen molar-refractivity contribution in [2.75, 3.05) is 25.1 Å². The first-order chi connectivity index (χ1) is 14.8. The molecule has 0 bridgehead atoms. The highest BCUT2D eigenvalue weighted by Gasteiger charge is 2.34. The van der Waals surface area contributed by atoms with Gasteiger partial charge in [0.05, 0.1) is 11.1 Å². The topological polar surface area (TPSA) is 63.2 Å². The van der Waals surface area contributed by atoms with E-state index in [-0.39, 0.29) is 17.5 Å². The van der Waals surface area contributed by atoms with Gasteiger partial charge in [-0.2, -0.15) is 13.2 Å². The zero-order chi connectivity index (χ0) is 22.0. The van der Waals surface area contributed by atoms with Gasteiger partial charge in [0, 0.05) is 31.6 Å². The Labute approximate surface area is 177 Å². The molecule has 1 aromatic heterocycles. The van der Waals surface area contributed by atoms with E-state index < -0.39 is 17.6 Å². The predicted octanol–water partition coefficient (Wildman–Crippen LogP) is 5.02. The maximum atomic E-state index is 13.8. The third-order valence-electron chi connectivity index (χ3n) is 5.64. The number of halogens is 4. The molecule has 1 amide bonds. The van der Waals surface area contributed by atoms with Crippen molar-refractivity contribution >= 4 is 17.4 Å². The molecule has 166 valence electrons. The zero-order valence-corrected chi connectivity index (χ0v) is 16.8. The number of carbonyl (C=O) groups is 1. The Morgan fingerprint density at radius 2 is 1.87 bits per heavy atom. The molecule has 2 heterocycles. The number of anilines is 2. The third kappa shape index (κ3) is 5.33. The molecule has 0 radical (unpaired) electrons. The SMILES string of the molecule is O=C(NCC1CCOCC1)c1cnc(Nc2ccc(C(F)(F)F)c(F)c2)cc1C1CC1. The molecule has 9 heteroatoms. The van der Waals surface area contributed by atoms with Crippen LogP contribution in [0.15, 0.2) is 30.5 Å². The van der Waals surface area contributed by atoms with Crippen molar-refractivity contribution in [2.45, 2.75) is 37.8 Å². The molecule has 2 aromatic rings. The summed E-state index contributed by atoms with van der Waals surface area (Å²) in [7, 11) is 0. The molecule has 1 aliphatic carbocycles. The van der Waals surface area contributed by atoms with Crippen LogP contribution in [0.5, 0.6) is 0 Å². The lowest BCUT2D eigenvalue weighted by Crippen LogP contribution is -2.32. The lowest BCUT2D eigenvalue weighted by atomic mass is 10.00. The van der Waals surface area contributed by atoms with Crippen LogP contribution in [-0.2, 0) is 10.9 Å². The number of nitrogens with one attached hydrogen (secondary N) is 2. The number of rotatable bonds is 6. The molecule has 31 heavy (non-hydrogen) atoms. The number of carbonyl (C=O) groups excluding carboxylic acids is 1. The molecule has 0 unspecified atom stereocenters. The summed E-state index contributed by atoms with van der Waals surface area (Å²) in [5.41, 5.74) is 0.172. The van der Waals surface area contributed by atoms with Gasteiger partial charge in [0.1, 0.15) is 11.6 Å². The summed E-state index contributed by atoms with van der Waals surface area (Å²) in [6.45, 7) is 2.00. The first kappa shape index (κ1) is 21.5. The van der Waals surface area contributed by atoms with E-state index in [1.165, 1.54) is 6.20 Å². The van der Waals surface area contributed by atoms with Crippen LogP contribution in [0.1, 0.15) is 53.1 Å². The second-order valence-electron chi connectivity index (χ2n) is 8.01. The van der Waals surface area contributed by atoms with Crippen molar-refractivity contribution in [2.24, 2.45) is 5.92 Å². The summed E-state index contributed by atoms with van der Waals surface area (Å²) >= 11 is 0. The largest absolute Gasteiger partial charge is 0.419 e. The van der Waals surface area contributed by atoms with Crippen LogP contribution in [0.4, 0.5) is 29.1 Å². The minimum absolute atomic E-state index is 0.150. The van der Waals surface area contributed by atoms with Crippen LogP contribution in [0.2, 0.25) is 0 Å². The quantitative estimate of drug-likeness (QED) is 0.624. The predicted molar refractivity (Wildman–Crippen MR) is 107 cm³/mol. The maximum Gasteiger partial charge on any atom is 0.419 e. The summed E-state index contributed by atoms with van der Waals surface area (Å²) in [6, 6.07) is 4.35. The highest BCUT2D eigenvalue weighted by atomic mass is 19.4. The number of hydrogen-bond donors (Lipinski definition) is 2. The smallest absolute Gasteiger partial charge is 0.381 e. The van der Waals surface area contributed by atoms with E-state index in [9.17, 15) is 22.4 Å². The minimum atomic E-state index is -4.75. The van der Waals surface area contributed by atoms with Crippen LogP contribution in [0, 0.1) is 11.7 Å². The van der Waals surface area contributed by atoms with Crippen LogP contribution in [0.3, 0.4) is 0 Å². The summed E-state index contributed by atoms with van der Waals surface area (Å²) < 4.78 is 57.4. The van der Waals surface area contributed by atoms with E-state index in [1.807, 2.05) is 0 Å². The number of aromatic nitrogens is 1. The van der Waals surface area contributed by atoms with Gasteiger partial charge in [0.25, 0.3) is 5.91 Å². The van der Waals surface area contributed by atoms with Crippen molar-refractivity contribution in [3.05, 3.63) is 53.0 Å². The number of pyridine rings is 1. The van der Waals surface area contributed by atoms with Crippen molar-refractivity contribution in [3.63, 3.8) is 0 Å². The zero-order valence-electron chi connectivity index (χ0n) is 16.8. The fourth-order valence-corrected chi connectivity index (χ4v) is 3.71. The Morgan fingerprint density at radius 3 is 2.52 bits per heavy atom. The molecule has 1 aliphatic heterocycles. The Balaban J connectivity index is 1.47. The first-order valence-electron chi connectivity index (χ1n) is 10.3. The van der Waals surface area contributed by atoms with Gasteiger partial charge in [-0.25, -0.2) is 9.37 Å². The lowest BCUT2D eigenvalue weighted by Gasteiger charge is -2.22. The number of ether oxygens (including phenoxy) is 1.